The van der Waals surface area contributed by atoms with Gasteiger partial charge < -0.3 is 10.1 Å². The van der Waals surface area contributed by atoms with Crippen molar-refractivity contribution in [2.45, 2.75) is 83.8 Å². The zero-order valence-electron chi connectivity index (χ0n) is 13.4. The maximum Gasteiger partial charge on any atom is 0.0837 e. The van der Waals surface area contributed by atoms with E-state index in [1.54, 1.807) is 0 Å². The molecule has 0 saturated heterocycles. The summed E-state index contributed by atoms with van der Waals surface area (Å²) in [5.41, 5.74) is 0.614. The van der Waals surface area contributed by atoms with Crippen LogP contribution in [0.1, 0.15) is 72.1 Å². The van der Waals surface area contributed by atoms with Crippen LogP contribution in [-0.2, 0) is 4.74 Å². The van der Waals surface area contributed by atoms with Crippen LogP contribution in [0.25, 0.3) is 0 Å². The van der Waals surface area contributed by atoms with Gasteiger partial charge in [0, 0.05) is 12.6 Å². The summed E-state index contributed by atoms with van der Waals surface area (Å²) in [5, 5.41) is 3.64. The number of rotatable bonds is 5. The van der Waals surface area contributed by atoms with Gasteiger partial charge >= 0.3 is 0 Å². The van der Waals surface area contributed by atoms with E-state index in [-0.39, 0.29) is 5.60 Å². The van der Waals surface area contributed by atoms with Gasteiger partial charge in [0.2, 0.25) is 0 Å². The number of hydrogen-bond acceptors (Lipinski definition) is 2. The molecular weight excluding hydrogens is 234 g/mol. The average molecular weight is 267 g/mol. The molecule has 19 heavy (non-hydrogen) atoms. The molecule has 0 spiro atoms. The third-order valence-corrected chi connectivity index (χ3v) is 5.63. The molecule has 0 amide bonds. The van der Waals surface area contributed by atoms with Crippen LogP contribution in [0.15, 0.2) is 0 Å². The highest BCUT2D eigenvalue weighted by Crippen LogP contribution is 2.46. The Morgan fingerprint density at radius 3 is 2.16 bits per heavy atom. The maximum absolute atomic E-state index is 6.37. The fourth-order valence-electron chi connectivity index (χ4n) is 4.40. The van der Waals surface area contributed by atoms with E-state index in [1.165, 1.54) is 51.4 Å². The van der Waals surface area contributed by atoms with Crippen LogP contribution < -0.4 is 5.32 Å². The van der Waals surface area contributed by atoms with Crippen molar-refractivity contribution in [3.8, 4) is 0 Å². The fourth-order valence-corrected chi connectivity index (χ4v) is 4.40. The van der Waals surface area contributed by atoms with Gasteiger partial charge in [0.25, 0.3) is 0 Å². The summed E-state index contributed by atoms with van der Waals surface area (Å²) in [6.07, 6.45) is 10.7. The monoisotopic (exact) mass is 267 g/mol. The molecular formula is C17H33NO. The Labute approximate surface area is 119 Å². The Morgan fingerprint density at radius 1 is 1.11 bits per heavy atom. The van der Waals surface area contributed by atoms with Gasteiger partial charge in [-0.2, -0.15) is 0 Å². The van der Waals surface area contributed by atoms with Crippen molar-refractivity contribution in [3.63, 3.8) is 0 Å². The van der Waals surface area contributed by atoms with E-state index in [0.717, 1.165) is 12.5 Å². The molecule has 1 atom stereocenters. The van der Waals surface area contributed by atoms with Crippen molar-refractivity contribution in [3.05, 3.63) is 0 Å². The smallest absolute Gasteiger partial charge is 0.0837 e. The first kappa shape index (κ1) is 15.3. The van der Waals surface area contributed by atoms with E-state index < -0.39 is 0 Å². The molecule has 2 rings (SSSR count). The zero-order chi connectivity index (χ0) is 13.9. The average Bonchev–Trinajstić information content (AvgIpc) is 2.88. The van der Waals surface area contributed by atoms with Gasteiger partial charge in [0.15, 0.2) is 0 Å². The Kier molecular flexibility index (Phi) is 4.94. The van der Waals surface area contributed by atoms with Crippen LogP contribution in [0, 0.1) is 11.3 Å². The zero-order valence-corrected chi connectivity index (χ0v) is 13.4. The highest BCUT2D eigenvalue weighted by atomic mass is 16.5. The van der Waals surface area contributed by atoms with E-state index >= 15 is 0 Å². The lowest BCUT2D eigenvalue weighted by molar-refractivity contribution is -0.116. The molecule has 0 radical (unpaired) electrons. The Morgan fingerprint density at radius 2 is 1.68 bits per heavy atom. The minimum Gasteiger partial charge on any atom is -0.374 e. The molecule has 2 nitrogen and oxygen atoms in total. The van der Waals surface area contributed by atoms with E-state index in [2.05, 4.69) is 33.1 Å². The summed E-state index contributed by atoms with van der Waals surface area (Å²) >= 11 is 0. The predicted octanol–water partition coefficient (Wildman–Crippen LogP) is 4.14. The van der Waals surface area contributed by atoms with Crippen molar-refractivity contribution in [2.24, 2.45) is 11.3 Å². The molecule has 2 aliphatic carbocycles. The van der Waals surface area contributed by atoms with Gasteiger partial charge in [-0.25, -0.2) is 0 Å². The van der Waals surface area contributed by atoms with Crippen LogP contribution >= 0.6 is 0 Å². The Hall–Kier alpha value is -0.0800. The number of likely N-dealkylation sites (N-methyl/N-ethyl adjacent to an activating group) is 1. The summed E-state index contributed by atoms with van der Waals surface area (Å²) in [4.78, 5) is 0. The van der Waals surface area contributed by atoms with E-state index in [9.17, 15) is 0 Å². The minimum absolute atomic E-state index is 0.105. The SMILES string of the molecule is CCOC1(C(NC)C2CCCC2)CCC(C)(C)CC1. The molecule has 0 aromatic carbocycles. The molecule has 1 N–H and O–H groups in total. The van der Waals surface area contributed by atoms with Gasteiger partial charge in [-0.05, 0) is 63.8 Å². The molecule has 2 heteroatoms. The first-order valence-electron chi connectivity index (χ1n) is 8.34. The molecule has 0 heterocycles. The first-order chi connectivity index (χ1) is 9.03. The molecule has 1 unspecified atom stereocenters. The summed E-state index contributed by atoms with van der Waals surface area (Å²) in [7, 11) is 2.14. The summed E-state index contributed by atoms with van der Waals surface area (Å²) in [6, 6.07) is 0.561. The molecule has 2 aliphatic rings. The van der Waals surface area contributed by atoms with Gasteiger partial charge in [0.05, 0.1) is 5.60 Å². The molecule has 0 bridgehead atoms. The molecule has 0 aromatic rings. The summed E-state index contributed by atoms with van der Waals surface area (Å²) in [6.45, 7) is 7.83. The lowest BCUT2D eigenvalue weighted by atomic mass is 9.66. The van der Waals surface area contributed by atoms with Crippen molar-refractivity contribution in [2.75, 3.05) is 13.7 Å². The standard InChI is InChI=1S/C17H33NO/c1-5-19-17(12-10-16(2,3)11-13-17)15(18-4)14-8-6-7-9-14/h14-15,18H,5-13H2,1-4H3. The van der Waals surface area contributed by atoms with Crippen molar-refractivity contribution in [1.29, 1.82) is 0 Å². The lowest BCUT2D eigenvalue weighted by Gasteiger charge is -2.49. The number of hydrogen-bond donors (Lipinski definition) is 1. The highest BCUT2D eigenvalue weighted by molar-refractivity contribution is 5.01. The predicted molar refractivity (Wildman–Crippen MR) is 81.4 cm³/mol. The Balaban J connectivity index is 2.12. The van der Waals surface area contributed by atoms with E-state index in [0.29, 0.717) is 11.5 Å². The molecule has 0 aliphatic heterocycles. The normalized spacial score (nSPS) is 28.4. The van der Waals surface area contributed by atoms with E-state index in [1.807, 2.05) is 0 Å². The summed E-state index contributed by atoms with van der Waals surface area (Å²) < 4.78 is 6.37. The molecule has 0 aromatic heterocycles. The second-order valence-corrected chi connectivity index (χ2v) is 7.47. The third kappa shape index (κ3) is 3.33. The second-order valence-electron chi connectivity index (χ2n) is 7.47. The highest BCUT2D eigenvalue weighted by Gasteiger charge is 2.47. The van der Waals surface area contributed by atoms with Crippen LogP contribution in [0.5, 0.6) is 0 Å². The topological polar surface area (TPSA) is 21.3 Å². The largest absolute Gasteiger partial charge is 0.374 e. The number of nitrogens with one attached hydrogen (secondary N) is 1. The van der Waals surface area contributed by atoms with Gasteiger partial charge in [-0.1, -0.05) is 26.7 Å². The van der Waals surface area contributed by atoms with E-state index in [4.69, 9.17) is 4.74 Å². The van der Waals surface area contributed by atoms with Gasteiger partial charge in [-0.15, -0.1) is 0 Å². The van der Waals surface area contributed by atoms with Crippen LogP contribution in [0.3, 0.4) is 0 Å². The van der Waals surface area contributed by atoms with Crippen molar-refractivity contribution < 1.29 is 4.74 Å². The molecule has 112 valence electrons. The van der Waals surface area contributed by atoms with Crippen LogP contribution in [-0.4, -0.2) is 25.3 Å². The third-order valence-electron chi connectivity index (χ3n) is 5.63. The van der Waals surface area contributed by atoms with Crippen LogP contribution in [0.2, 0.25) is 0 Å². The summed E-state index contributed by atoms with van der Waals surface area (Å²) in [5.74, 6) is 0.831. The van der Waals surface area contributed by atoms with Crippen molar-refractivity contribution >= 4 is 0 Å². The quantitative estimate of drug-likeness (QED) is 0.808. The number of ether oxygens (including phenoxy) is 1. The van der Waals surface area contributed by atoms with Crippen molar-refractivity contribution in [1.82, 2.24) is 5.32 Å². The first-order valence-corrected chi connectivity index (χ1v) is 8.34. The maximum atomic E-state index is 6.37. The fraction of sp³-hybridized carbons (Fsp3) is 1.00. The lowest BCUT2D eigenvalue weighted by Crippen LogP contribution is -2.57. The Bertz CT molecular complexity index is 271. The van der Waals surface area contributed by atoms with Gasteiger partial charge in [0.1, 0.15) is 0 Å². The minimum atomic E-state index is 0.105. The molecule has 2 fully saturated rings. The molecule has 2 saturated carbocycles. The van der Waals surface area contributed by atoms with Crippen LogP contribution in [0.4, 0.5) is 0 Å². The van der Waals surface area contributed by atoms with Gasteiger partial charge in [-0.3, -0.25) is 0 Å². The second kappa shape index (κ2) is 6.13.